The highest BCUT2D eigenvalue weighted by Crippen LogP contribution is 2.24. The molecule has 0 aliphatic carbocycles. The first kappa shape index (κ1) is 16.8. The van der Waals surface area contributed by atoms with Crippen molar-refractivity contribution in [3.8, 4) is 17.3 Å². The lowest BCUT2D eigenvalue weighted by Crippen LogP contribution is -2.30. The number of rotatable bonds is 6. The fourth-order valence-corrected chi connectivity index (χ4v) is 2.46. The molecule has 0 aliphatic heterocycles. The molecule has 0 unspecified atom stereocenters. The van der Waals surface area contributed by atoms with Gasteiger partial charge in [-0.25, -0.2) is 0 Å². The van der Waals surface area contributed by atoms with E-state index in [1.165, 1.54) is 0 Å². The molecule has 23 heavy (non-hydrogen) atoms. The number of amides is 1. The van der Waals surface area contributed by atoms with Crippen molar-refractivity contribution in [2.45, 2.75) is 33.7 Å². The maximum atomic E-state index is 12.8. The first-order chi connectivity index (χ1) is 11.1. The Bertz CT molecular complexity index is 706. The van der Waals surface area contributed by atoms with Crippen LogP contribution in [0.25, 0.3) is 11.3 Å². The zero-order valence-corrected chi connectivity index (χ0v) is 13.9. The Balaban J connectivity index is 2.46. The van der Waals surface area contributed by atoms with E-state index in [1.54, 1.807) is 15.8 Å². The first-order valence-corrected chi connectivity index (χ1v) is 7.91. The van der Waals surface area contributed by atoms with Crippen molar-refractivity contribution in [2.75, 3.05) is 13.1 Å². The van der Waals surface area contributed by atoms with E-state index in [2.05, 4.69) is 11.2 Å². The van der Waals surface area contributed by atoms with Gasteiger partial charge >= 0.3 is 0 Å². The van der Waals surface area contributed by atoms with Crippen molar-refractivity contribution >= 4 is 5.91 Å². The summed E-state index contributed by atoms with van der Waals surface area (Å²) in [6, 6.07) is 10.1. The number of nitrogens with zero attached hydrogens (tertiary/aromatic N) is 4. The third-order valence-corrected chi connectivity index (χ3v) is 3.82. The Morgan fingerprint density at radius 2 is 1.91 bits per heavy atom. The third kappa shape index (κ3) is 3.78. The minimum atomic E-state index is -0.0196. The summed E-state index contributed by atoms with van der Waals surface area (Å²) in [5.74, 6) is -0.0196. The molecule has 1 amide bonds. The third-order valence-electron chi connectivity index (χ3n) is 3.82. The number of hydrogen-bond acceptors (Lipinski definition) is 3. The standard InChI is InChI=1S/C18H22N4O/c1-4-21(5-2)18(23)16-13-22(12-6-11-19)20-17(16)15-9-7-14(3)8-10-15/h7-10,13H,4-6,12H2,1-3H3. The van der Waals surface area contributed by atoms with Crippen molar-refractivity contribution in [2.24, 2.45) is 0 Å². The Kier molecular flexibility index (Phi) is 5.53. The fraction of sp³-hybridized carbons (Fsp3) is 0.389. The molecule has 1 aromatic heterocycles. The molecule has 1 aromatic carbocycles. The van der Waals surface area contributed by atoms with Gasteiger partial charge in [0.05, 0.1) is 24.6 Å². The highest BCUT2D eigenvalue weighted by Gasteiger charge is 2.21. The fourth-order valence-electron chi connectivity index (χ4n) is 2.46. The Morgan fingerprint density at radius 3 is 2.48 bits per heavy atom. The van der Waals surface area contributed by atoms with E-state index >= 15 is 0 Å². The quantitative estimate of drug-likeness (QED) is 0.822. The molecule has 0 saturated carbocycles. The van der Waals surface area contributed by atoms with Gasteiger partial charge in [-0.05, 0) is 20.8 Å². The van der Waals surface area contributed by atoms with E-state index in [-0.39, 0.29) is 5.91 Å². The van der Waals surface area contributed by atoms with Gasteiger partial charge in [-0.3, -0.25) is 9.48 Å². The predicted octanol–water partition coefficient (Wildman–Crippen LogP) is 3.25. The minimum absolute atomic E-state index is 0.0196. The molecule has 5 heteroatoms. The Morgan fingerprint density at radius 1 is 1.26 bits per heavy atom. The maximum absolute atomic E-state index is 12.8. The van der Waals surface area contributed by atoms with Crippen molar-refractivity contribution in [1.29, 1.82) is 5.26 Å². The summed E-state index contributed by atoms with van der Waals surface area (Å²) in [5, 5.41) is 13.3. The summed E-state index contributed by atoms with van der Waals surface area (Å²) in [6.07, 6.45) is 2.13. The van der Waals surface area contributed by atoms with E-state index < -0.39 is 0 Å². The Labute approximate surface area is 137 Å². The lowest BCUT2D eigenvalue weighted by molar-refractivity contribution is 0.0773. The first-order valence-electron chi connectivity index (χ1n) is 7.91. The van der Waals surface area contributed by atoms with Crippen LogP contribution in [0, 0.1) is 18.3 Å². The van der Waals surface area contributed by atoms with E-state index in [4.69, 9.17) is 5.26 Å². The second kappa shape index (κ2) is 7.59. The number of carbonyl (C=O) groups is 1. The normalized spacial score (nSPS) is 10.3. The van der Waals surface area contributed by atoms with Crippen LogP contribution in [0.3, 0.4) is 0 Å². The molecule has 2 rings (SSSR count). The lowest BCUT2D eigenvalue weighted by Gasteiger charge is -2.18. The van der Waals surface area contributed by atoms with Crippen LogP contribution in [0.1, 0.15) is 36.2 Å². The second-order valence-corrected chi connectivity index (χ2v) is 5.41. The van der Waals surface area contributed by atoms with Crippen molar-refractivity contribution in [1.82, 2.24) is 14.7 Å². The molecule has 0 saturated heterocycles. The molecule has 0 aliphatic rings. The maximum Gasteiger partial charge on any atom is 0.257 e. The van der Waals surface area contributed by atoms with Gasteiger partial charge in [-0.1, -0.05) is 29.8 Å². The average Bonchev–Trinajstić information content (AvgIpc) is 2.98. The summed E-state index contributed by atoms with van der Waals surface area (Å²) in [5.41, 5.74) is 3.35. The van der Waals surface area contributed by atoms with Crippen LogP contribution in [-0.4, -0.2) is 33.7 Å². The lowest BCUT2D eigenvalue weighted by atomic mass is 10.1. The highest BCUT2D eigenvalue weighted by atomic mass is 16.2. The molecule has 0 radical (unpaired) electrons. The van der Waals surface area contributed by atoms with Crippen LogP contribution >= 0.6 is 0 Å². The van der Waals surface area contributed by atoms with Gasteiger partial charge < -0.3 is 4.90 Å². The molecule has 0 fully saturated rings. The molecule has 0 N–H and O–H groups in total. The van der Waals surface area contributed by atoms with E-state index in [0.29, 0.717) is 37.3 Å². The molecule has 0 bridgehead atoms. The van der Waals surface area contributed by atoms with Crippen LogP contribution < -0.4 is 0 Å². The molecule has 5 nitrogen and oxygen atoms in total. The van der Waals surface area contributed by atoms with Crippen molar-refractivity contribution < 1.29 is 4.79 Å². The van der Waals surface area contributed by atoms with E-state index in [9.17, 15) is 4.79 Å². The topological polar surface area (TPSA) is 61.9 Å². The molecule has 1 heterocycles. The number of carbonyl (C=O) groups excluding carboxylic acids is 1. The van der Waals surface area contributed by atoms with Gasteiger partial charge in [-0.2, -0.15) is 10.4 Å². The van der Waals surface area contributed by atoms with Gasteiger partial charge in [0.15, 0.2) is 0 Å². The monoisotopic (exact) mass is 310 g/mol. The molecule has 2 aromatic rings. The molecule has 0 spiro atoms. The summed E-state index contributed by atoms with van der Waals surface area (Å²) in [7, 11) is 0. The van der Waals surface area contributed by atoms with E-state index in [0.717, 1.165) is 11.1 Å². The number of benzene rings is 1. The van der Waals surface area contributed by atoms with Gasteiger partial charge in [0.2, 0.25) is 0 Å². The average molecular weight is 310 g/mol. The summed E-state index contributed by atoms with van der Waals surface area (Å²) in [4.78, 5) is 14.5. The summed E-state index contributed by atoms with van der Waals surface area (Å²) < 4.78 is 1.69. The van der Waals surface area contributed by atoms with Gasteiger partial charge in [0, 0.05) is 24.8 Å². The molecular weight excluding hydrogens is 288 g/mol. The second-order valence-electron chi connectivity index (χ2n) is 5.41. The minimum Gasteiger partial charge on any atom is -0.339 e. The van der Waals surface area contributed by atoms with Gasteiger partial charge in [0.1, 0.15) is 5.69 Å². The largest absolute Gasteiger partial charge is 0.339 e. The number of aromatic nitrogens is 2. The van der Waals surface area contributed by atoms with E-state index in [1.807, 2.05) is 45.0 Å². The van der Waals surface area contributed by atoms with Crippen molar-refractivity contribution in [3.05, 3.63) is 41.6 Å². The predicted molar refractivity (Wildman–Crippen MR) is 89.9 cm³/mol. The van der Waals surface area contributed by atoms with Crippen LogP contribution in [0.15, 0.2) is 30.5 Å². The van der Waals surface area contributed by atoms with Crippen LogP contribution in [0.4, 0.5) is 0 Å². The van der Waals surface area contributed by atoms with Crippen molar-refractivity contribution in [3.63, 3.8) is 0 Å². The van der Waals surface area contributed by atoms with Crippen LogP contribution in [0.2, 0.25) is 0 Å². The number of aryl methyl sites for hydroxylation is 2. The summed E-state index contributed by atoms with van der Waals surface area (Å²) >= 11 is 0. The smallest absolute Gasteiger partial charge is 0.257 e. The van der Waals surface area contributed by atoms with Crippen LogP contribution in [0.5, 0.6) is 0 Å². The summed E-state index contributed by atoms with van der Waals surface area (Å²) in [6.45, 7) is 7.76. The zero-order chi connectivity index (χ0) is 16.8. The number of nitriles is 1. The van der Waals surface area contributed by atoms with Gasteiger partial charge in [0.25, 0.3) is 5.91 Å². The molecule has 0 atom stereocenters. The Hall–Kier alpha value is -2.61. The molecular formula is C18H22N4O. The van der Waals surface area contributed by atoms with Gasteiger partial charge in [-0.15, -0.1) is 0 Å². The number of hydrogen-bond donors (Lipinski definition) is 0. The SMILES string of the molecule is CCN(CC)C(=O)c1cn(CCC#N)nc1-c1ccc(C)cc1. The van der Waals surface area contributed by atoms with Crippen LogP contribution in [-0.2, 0) is 6.54 Å². The molecule has 120 valence electrons. The zero-order valence-electron chi connectivity index (χ0n) is 13.9. The highest BCUT2D eigenvalue weighted by molar-refractivity contribution is 5.99.